The van der Waals surface area contributed by atoms with Gasteiger partial charge in [-0.05, 0) is 18.1 Å². The van der Waals surface area contributed by atoms with Crippen LogP contribution in [0.3, 0.4) is 0 Å². The van der Waals surface area contributed by atoms with Crippen LogP contribution < -0.4 is 5.73 Å². The quantitative estimate of drug-likeness (QED) is 0.611. The lowest BCUT2D eigenvalue weighted by Crippen LogP contribution is -2.15. The van der Waals surface area contributed by atoms with Gasteiger partial charge in [0.1, 0.15) is 16.9 Å². The third-order valence-corrected chi connectivity index (χ3v) is 4.92. The number of benzene rings is 1. The summed E-state index contributed by atoms with van der Waals surface area (Å²) in [5, 5.41) is 0. The molecule has 0 saturated carbocycles. The first kappa shape index (κ1) is 19.1. The van der Waals surface area contributed by atoms with Crippen molar-refractivity contribution in [3.63, 3.8) is 0 Å². The van der Waals surface area contributed by atoms with E-state index in [1.165, 1.54) is 0 Å². The molecule has 2 aromatic heterocycles. The second kappa shape index (κ2) is 8.35. The molecule has 0 fully saturated rings. The molecule has 0 aliphatic heterocycles. The molecule has 0 aliphatic rings. The Morgan fingerprint density at radius 2 is 1.85 bits per heavy atom. The summed E-state index contributed by atoms with van der Waals surface area (Å²) in [7, 11) is 1.62. The molecule has 0 spiro atoms. The summed E-state index contributed by atoms with van der Waals surface area (Å²) in [6.45, 7) is 5.47. The molecule has 0 radical (unpaired) electrons. The summed E-state index contributed by atoms with van der Waals surface area (Å²) in [5.74, 6) is 0.195. The fourth-order valence-electron chi connectivity index (χ4n) is 3.12. The van der Waals surface area contributed by atoms with Gasteiger partial charge >= 0.3 is 5.97 Å². The van der Waals surface area contributed by atoms with Gasteiger partial charge in [-0.1, -0.05) is 38.8 Å². The Kier molecular flexibility index (Phi) is 5.91. The van der Waals surface area contributed by atoms with Crippen LogP contribution in [-0.4, -0.2) is 40.8 Å². The molecule has 2 heterocycles. The summed E-state index contributed by atoms with van der Waals surface area (Å²) < 4.78 is 12.5. The SMILES string of the molecule is CCC(CC)COC(=O)c1c(N)n(CCOC)c2nc3ccccc3nc12. The summed E-state index contributed by atoms with van der Waals surface area (Å²) in [6.07, 6.45) is 1.92. The second-order valence-corrected chi connectivity index (χ2v) is 6.57. The molecular formula is C20H26N4O3. The van der Waals surface area contributed by atoms with E-state index >= 15 is 0 Å². The fraction of sp³-hybridized carbons (Fsp3) is 0.450. The van der Waals surface area contributed by atoms with E-state index in [1.54, 1.807) is 11.7 Å². The van der Waals surface area contributed by atoms with E-state index in [-0.39, 0.29) is 5.56 Å². The van der Waals surface area contributed by atoms with Crippen molar-refractivity contribution in [1.82, 2.24) is 14.5 Å². The van der Waals surface area contributed by atoms with E-state index in [1.807, 2.05) is 24.3 Å². The molecule has 0 saturated heterocycles. The Morgan fingerprint density at radius 1 is 1.19 bits per heavy atom. The highest BCUT2D eigenvalue weighted by atomic mass is 16.5. The van der Waals surface area contributed by atoms with Gasteiger partial charge in [0.2, 0.25) is 0 Å². The molecule has 0 bridgehead atoms. The first-order valence-electron chi connectivity index (χ1n) is 9.31. The zero-order valence-corrected chi connectivity index (χ0v) is 16.1. The number of methoxy groups -OCH3 is 1. The van der Waals surface area contributed by atoms with Gasteiger partial charge in [0.25, 0.3) is 0 Å². The van der Waals surface area contributed by atoms with E-state index in [0.29, 0.717) is 48.2 Å². The summed E-state index contributed by atoms with van der Waals surface area (Å²) >= 11 is 0. The Balaban J connectivity index is 2.08. The monoisotopic (exact) mass is 370 g/mol. The molecule has 144 valence electrons. The van der Waals surface area contributed by atoms with Crippen molar-refractivity contribution in [3.05, 3.63) is 29.8 Å². The van der Waals surface area contributed by atoms with Gasteiger partial charge in [0.15, 0.2) is 5.65 Å². The maximum Gasteiger partial charge on any atom is 0.344 e. The molecule has 7 nitrogen and oxygen atoms in total. The molecule has 0 unspecified atom stereocenters. The Bertz CT molecular complexity index is 947. The zero-order chi connectivity index (χ0) is 19.4. The van der Waals surface area contributed by atoms with Crippen LogP contribution in [0.1, 0.15) is 37.0 Å². The number of rotatable bonds is 8. The number of hydrogen-bond donors (Lipinski definition) is 1. The maximum absolute atomic E-state index is 12.8. The lowest BCUT2D eigenvalue weighted by atomic mass is 10.1. The largest absolute Gasteiger partial charge is 0.462 e. The van der Waals surface area contributed by atoms with E-state index in [2.05, 4.69) is 23.8 Å². The lowest BCUT2D eigenvalue weighted by molar-refractivity contribution is 0.0436. The minimum Gasteiger partial charge on any atom is -0.462 e. The molecule has 27 heavy (non-hydrogen) atoms. The molecule has 1 aromatic carbocycles. The number of para-hydroxylation sites is 2. The van der Waals surface area contributed by atoms with Crippen molar-refractivity contribution in [2.45, 2.75) is 33.2 Å². The van der Waals surface area contributed by atoms with Crippen LogP contribution in [0.5, 0.6) is 0 Å². The number of carbonyl (C=O) groups is 1. The van der Waals surface area contributed by atoms with E-state index in [9.17, 15) is 4.79 Å². The van der Waals surface area contributed by atoms with Crippen LogP contribution >= 0.6 is 0 Å². The third-order valence-electron chi connectivity index (χ3n) is 4.92. The van der Waals surface area contributed by atoms with Gasteiger partial charge in [-0.25, -0.2) is 14.8 Å². The van der Waals surface area contributed by atoms with Crippen molar-refractivity contribution in [3.8, 4) is 0 Å². The standard InChI is InChI=1S/C20H26N4O3/c1-4-13(5-2)12-27-20(25)16-17-19(24(18(16)21)10-11-26-3)23-15-9-7-6-8-14(15)22-17/h6-9,13H,4-5,10-12,21H2,1-3H3. The molecule has 0 aliphatic carbocycles. The molecule has 2 N–H and O–H groups in total. The highest BCUT2D eigenvalue weighted by molar-refractivity contribution is 6.08. The van der Waals surface area contributed by atoms with Crippen LogP contribution in [0.25, 0.3) is 22.2 Å². The molecule has 3 aromatic rings. The normalized spacial score (nSPS) is 11.6. The topological polar surface area (TPSA) is 92.3 Å². The predicted molar refractivity (Wildman–Crippen MR) is 106 cm³/mol. The van der Waals surface area contributed by atoms with Gasteiger partial charge in [-0.3, -0.25) is 0 Å². The minimum atomic E-state index is -0.454. The van der Waals surface area contributed by atoms with Crippen LogP contribution in [0.2, 0.25) is 0 Å². The average Bonchev–Trinajstić information content (AvgIpc) is 2.95. The van der Waals surface area contributed by atoms with Crippen molar-refractivity contribution < 1.29 is 14.3 Å². The number of anilines is 1. The van der Waals surface area contributed by atoms with E-state index < -0.39 is 5.97 Å². The highest BCUT2D eigenvalue weighted by Gasteiger charge is 2.25. The highest BCUT2D eigenvalue weighted by Crippen LogP contribution is 2.28. The van der Waals surface area contributed by atoms with Crippen molar-refractivity contribution in [1.29, 1.82) is 0 Å². The van der Waals surface area contributed by atoms with Gasteiger partial charge in [-0.2, -0.15) is 0 Å². The fourth-order valence-corrected chi connectivity index (χ4v) is 3.12. The Morgan fingerprint density at radius 3 is 2.48 bits per heavy atom. The number of nitrogens with two attached hydrogens (primary N) is 1. The number of nitrogen functional groups attached to an aromatic ring is 1. The maximum atomic E-state index is 12.8. The minimum absolute atomic E-state index is 0.283. The molecule has 0 amide bonds. The van der Waals surface area contributed by atoms with Crippen LogP contribution in [-0.2, 0) is 16.0 Å². The first-order valence-corrected chi connectivity index (χ1v) is 9.31. The Hall–Kier alpha value is -2.67. The van der Waals surface area contributed by atoms with E-state index in [0.717, 1.165) is 18.4 Å². The average molecular weight is 370 g/mol. The number of carbonyl (C=O) groups excluding carboxylic acids is 1. The summed E-state index contributed by atoms with van der Waals surface area (Å²) in [4.78, 5) is 22.2. The third kappa shape index (κ3) is 3.73. The summed E-state index contributed by atoms with van der Waals surface area (Å²) in [6, 6.07) is 7.54. The number of nitrogens with zero attached hydrogens (tertiary/aromatic N) is 3. The Labute approximate surface area is 158 Å². The second-order valence-electron chi connectivity index (χ2n) is 6.57. The number of aromatic nitrogens is 3. The van der Waals surface area contributed by atoms with Crippen LogP contribution in [0.15, 0.2) is 24.3 Å². The van der Waals surface area contributed by atoms with Crippen LogP contribution in [0.4, 0.5) is 5.82 Å². The summed E-state index contributed by atoms with van der Waals surface area (Å²) in [5.41, 5.74) is 9.10. The van der Waals surface area contributed by atoms with Gasteiger partial charge in [0.05, 0.1) is 24.2 Å². The van der Waals surface area contributed by atoms with Crippen molar-refractivity contribution >= 4 is 34.0 Å². The number of hydrogen-bond acceptors (Lipinski definition) is 6. The van der Waals surface area contributed by atoms with Crippen molar-refractivity contribution in [2.24, 2.45) is 5.92 Å². The van der Waals surface area contributed by atoms with Crippen molar-refractivity contribution in [2.75, 3.05) is 26.1 Å². The van der Waals surface area contributed by atoms with Gasteiger partial charge in [0, 0.05) is 13.7 Å². The van der Waals surface area contributed by atoms with Gasteiger partial charge in [-0.15, -0.1) is 0 Å². The number of ether oxygens (including phenoxy) is 2. The number of fused-ring (bicyclic) bond motifs is 2. The van der Waals surface area contributed by atoms with Crippen LogP contribution in [0, 0.1) is 5.92 Å². The van der Waals surface area contributed by atoms with Gasteiger partial charge < -0.3 is 19.8 Å². The lowest BCUT2D eigenvalue weighted by Gasteiger charge is -2.12. The smallest absolute Gasteiger partial charge is 0.344 e. The van der Waals surface area contributed by atoms with E-state index in [4.69, 9.17) is 15.2 Å². The molecule has 3 rings (SSSR count). The molecule has 7 heteroatoms. The predicted octanol–water partition coefficient (Wildman–Crippen LogP) is 3.41. The molecule has 0 atom stereocenters. The zero-order valence-electron chi connectivity index (χ0n) is 16.1. The molecular weight excluding hydrogens is 344 g/mol. The first-order chi connectivity index (χ1) is 13.1. The number of esters is 1.